The molecule has 0 radical (unpaired) electrons. The maximum absolute atomic E-state index is 11.8. The number of hydrogen-bond donors (Lipinski definition) is 2. The SMILES string of the molecule is C=C1[C@@H](OC(C)=O)CC[C@H](COC(C)=O)CCC2=C(C)[C@@H]3[C@H]1CC[C@]3(C)[C@@H](O)[C@@H]2O. The first-order valence-corrected chi connectivity index (χ1v) is 11.1. The van der Waals surface area contributed by atoms with Gasteiger partial charge in [0.1, 0.15) is 12.2 Å². The van der Waals surface area contributed by atoms with Crippen LogP contribution in [0.1, 0.15) is 66.2 Å². The van der Waals surface area contributed by atoms with E-state index in [4.69, 9.17) is 9.47 Å². The number of allylic oxidation sites excluding steroid dienone is 1. The van der Waals surface area contributed by atoms with Crippen molar-refractivity contribution in [2.45, 2.75) is 84.5 Å². The molecule has 3 rings (SSSR count). The number of aliphatic hydroxyl groups is 2. The number of carbonyl (C=O) groups excluding carboxylic acids is 2. The predicted molar refractivity (Wildman–Crippen MR) is 112 cm³/mol. The van der Waals surface area contributed by atoms with Crippen molar-refractivity contribution in [2.75, 3.05) is 6.61 Å². The van der Waals surface area contributed by atoms with Crippen LogP contribution in [0.2, 0.25) is 0 Å². The van der Waals surface area contributed by atoms with E-state index in [0.717, 1.165) is 42.4 Å². The summed E-state index contributed by atoms with van der Waals surface area (Å²) in [5, 5.41) is 22.0. The zero-order valence-electron chi connectivity index (χ0n) is 18.6. The molecule has 168 valence electrons. The molecule has 3 aliphatic carbocycles. The second kappa shape index (κ2) is 8.83. The maximum atomic E-state index is 11.8. The summed E-state index contributed by atoms with van der Waals surface area (Å²) in [6.07, 6.45) is 2.28. The van der Waals surface area contributed by atoms with Crippen molar-refractivity contribution in [3.8, 4) is 0 Å². The lowest BCUT2D eigenvalue weighted by Gasteiger charge is -2.47. The zero-order valence-corrected chi connectivity index (χ0v) is 18.6. The average molecular weight is 421 g/mol. The van der Waals surface area contributed by atoms with E-state index >= 15 is 0 Å². The molecule has 1 fully saturated rings. The third-order valence-electron chi connectivity index (χ3n) is 7.79. The summed E-state index contributed by atoms with van der Waals surface area (Å²) >= 11 is 0. The van der Waals surface area contributed by atoms with Gasteiger partial charge in [0, 0.05) is 19.3 Å². The fourth-order valence-corrected chi connectivity index (χ4v) is 6.16. The Morgan fingerprint density at radius 1 is 1.13 bits per heavy atom. The molecule has 2 N–H and O–H groups in total. The second-order valence-electron chi connectivity index (χ2n) is 9.68. The van der Waals surface area contributed by atoms with E-state index in [1.165, 1.54) is 13.8 Å². The Bertz CT molecular complexity index is 740. The van der Waals surface area contributed by atoms with E-state index in [9.17, 15) is 19.8 Å². The van der Waals surface area contributed by atoms with E-state index in [1.807, 2.05) is 0 Å². The summed E-state index contributed by atoms with van der Waals surface area (Å²) in [6.45, 7) is 11.6. The Labute approximate surface area is 179 Å². The van der Waals surface area contributed by atoms with Crippen molar-refractivity contribution >= 4 is 11.9 Å². The largest absolute Gasteiger partial charge is 0.466 e. The summed E-state index contributed by atoms with van der Waals surface area (Å²) in [6, 6.07) is 0. The molecule has 7 atom stereocenters. The highest BCUT2D eigenvalue weighted by Crippen LogP contribution is 2.59. The number of esters is 2. The Kier molecular flexibility index (Phi) is 6.78. The van der Waals surface area contributed by atoms with Gasteiger partial charge in [0.25, 0.3) is 0 Å². The first kappa shape index (κ1) is 23.0. The molecule has 0 unspecified atom stereocenters. The van der Waals surface area contributed by atoms with Crippen molar-refractivity contribution < 1.29 is 29.3 Å². The summed E-state index contributed by atoms with van der Waals surface area (Å²) in [5.41, 5.74) is 2.51. The highest BCUT2D eigenvalue weighted by Gasteiger charge is 2.56. The van der Waals surface area contributed by atoms with E-state index in [2.05, 4.69) is 20.4 Å². The van der Waals surface area contributed by atoms with Crippen LogP contribution in [0.15, 0.2) is 23.3 Å². The van der Waals surface area contributed by atoms with Gasteiger partial charge in [-0.3, -0.25) is 9.59 Å². The van der Waals surface area contributed by atoms with Crippen molar-refractivity contribution in [2.24, 2.45) is 23.2 Å². The molecule has 0 amide bonds. The Morgan fingerprint density at radius 3 is 2.47 bits per heavy atom. The smallest absolute Gasteiger partial charge is 0.303 e. The summed E-state index contributed by atoms with van der Waals surface area (Å²) in [4.78, 5) is 23.1. The molecule has 0 aromatic carbocycles. The molecular formula is C24H36O6. The topological polar surface area (TPSA) is 93.1 Å². The van der Waals surface area contributed by atoms with Gasteiger partial charge < -0.3 is 19.7 Å². The predicted octanol–water partition coefficient (Wildman–Crippen LogP) is 3.31. The highest BCUT2D eigenvalue weighted by atomic mass is 16.5. The normalized spacial score (nSPS) is 39.3. The van der Waals surface area contributed by atoms with Gasteiger partial charge in [0.05, 0.1) is 12.7 Å². The molecule has 0 aromatic rings. The summed E-state index contributed by atoms with van der Waals surface area (Å²) in [5.74, 6) is -0.405. The van der Waals surface area contributed by atoms with E-state index in [1.54, 1.807) is 0 Å². The maximum Gasteiger partial charge on any atom is 0.303 e. The lowest BCUT2D eigenvalue weighted by Crippen LogP contribution is -2.50. The third-order valence-corrected chi connectivity index (χ3v) is 7.79. The molecule has 0 aliphatic heterocycles. The number of carbonyl (C=O) groups is 2. The van der Waals surface area contributed by atoms with Crippen LogP contribution < -0.4 is 0 Å². The third kappa shape index (κ3) is 4.22. The van der Waals surface area contributed by atoms with Crippen LogP contribution in [0.25, 0.3) is 0 Å². The molecule has 0 saturated heterocycles. The first-order chi connectivity index (χ1) is 14.1. The molecule has 0 spiro atoms. The van der Waals surface area contributed by atoms with Gasteiger partial charge in [-0.1, -0.05) is 19.1 Å². The standard InChI is InChI=1S/C24H36O6/c1-13-18-10-11-24(5)21(18)14(2)19(22(27)23(24)28)8-6-17(12-29-15(3)25)7-9-20(13)30-16(4)26/h17-18,20-23,27-28H,1,6-12H2,2-5H3/t17-,18+,20+,21-,22-,23+,24+/m1/s1. The minimum atomic E-state index is -0.877. The van der Waals surface area contributed by atoms with Gasteiger partial charge >= 0.3 is 11.9 Å². The van der Waals surface area contributed by atoms with Crippen molar-refractivity contribution in [3.63, 3.8) is 0 Å². The van der Waals surface area contributed by atoms with Gasteiger partial charge in [-0.15, -0.1) is 0 Å². The van der Waals surface area contributed by atoms with Crippen LogP contribution in [-0.4, -0.2) is 47.1 Å². The molecule has 1 saturated carbocycles. The number of ether oxygens (including phenoxy) is 2. The molecule has 30 heavy (non-hydrogen) atoms. The molecule has 0 heterocycles. The fraction of sp³-hybridized carbons (Fsp3) is 0.750. The van der Waals surface area contributed by atoms with Gasteiger partial charge in [-0.05, 0) is 74.3 Å². The van der Waals surface area contributed by atoms with Crippen molar-refractivity contribution in [3.05, 3.63) is 23.3 Å². The monoisotopic (exact) mass is 420 g/mol. The van der Waals surface area contributed by atoms with Crippen LogP contribution in [0.3, 0.4) is 0 Å². The molecule has 2 bridgehead atoms. The van der Waals surface area contributed by atoms with Gasteiger partial charge in [-0.2, -0.15) is 0 Å². The van der Waals surface area contributed by atoms with Crippen molar-refractivity contribution in [1.29, 1.82) is 0 Å². The Balaban J connectivity index is 2.00. The van der Waals surface area contributed by atoms with Gasteiger partial charge in [0.15, 0.2) is 0 Å². The Morgan fingerprint density at radius 2 is 1.83 bits per heavy atom. The lowest BCUT2D eigenvalue weighted by molar-refractivity contribution is -0.145. The Hall–Kier alpha value is -1.66. The quantitative estimate of drug-likeness (QED) is 0.537. The minimum absolute atomic E-state index is 0.0708. The van der Waals surface area contributed by atoms with Crippen LogP contribution in [0.4, 0.5) is 0 Å². The first-order valence-electron chi connectivity index (χ1n) is 11.1. The molecule has 6 heteroatoms. The fourth-order valence-electron chi connectivity index (χ4n) is 6.16. The van der Waals surface area contributed by atoms with Crippen LogP contribution >= 0.6 is 0 Å². The van der Waals surface area contributed by atoms with E-state index in [0.29, 0.717) is 19.4 Å². The van der Waals surface area contributed by atoms with E-state index in [-0.39, 0.29) is 29.7 Å². The molecule has 0 aromatic heterocycles. The number of aliphatic hydroxyl groups excluding tert-OH is 2. The zero-order chi connectivity index (χ0) is 22.2. The summed E-state index contributed by atoms with van der Waals surface area (Å²) in [7, 11) is 0. The molecule has 3 aliphatic rings. The van der Waals surface area contributed by atoms with Crippen molar-refractivity contribution in [1.82, 2.24) is 0 Å². The van der Waals surface area contributed by atoms with Crippen LogP contribution in [-0.2, 0) is 19.1 Å². The van der Waals surface area contributed by atoms with Gasteiger partial charge in [0.2, 0.25) is 0 Å². The van der Waals surface area contributed by atoms with E-state index < -0.39 is 23.7 Å². The molecular weight excluding hydrogens is 384 g/mol. The molecule has 6 nitrogen and oxygen atoms in total. The van der Waals surface area contributed by atoms with Crippen LogP contribution in [0.5, 0.6) is 0 Å². The highest BCUT2D eigenvalue weighted by molar-refractivity contribution is 5.66. The average Bonchev–Trinajstić information content (AvgIpc) is 3.03. The second-order valence-corrected chi connectivity index (χ2v) is 9.68. The van der Waals surface area contributed by atoms with Gasteiger partial charge in [-0.25, -0.2) is 0 Å². The lowest BCUT2D eigenvalue weighted by atomic mass is 9.61. The number of hydrogen-bond acceptors (Lipinski definition) is 6. The number of rotatable bonds is 3. The van der Waals surface area contributed by atoms with Crippen LogP contribution in [0, 0.1) is 23.2 Å². The summed E-state index contributed by atoms with van der Waals surface area (Å²) < 4.78 is 11.0. The minimum Gasteiger partial charge on any atom is -0.466 e.